The van der Waals surface area contributed by atoms with Gasteiger partial charge in [-0.25, -0.2) is 4.98 Å². The third-order valence-electron chi connectivity index (χ3n) is 5.64. The number of rotatable bonds is 6. The van der Waals surface area contributed by atoms with Crippen molar-refractivity contribution in [2.75, 3.05) is 31.1 Å². The molecule has 2 aromatic rings. The second-order valence-electron chi connectivity index (χ2n) is 8.27. The quantitative estimate of drug-likeness (QED) is 0.852. The van der Waals surface area contributed by atoms with E-state index in [4.69, 9.17) is 9.97 Å². The molecule has 5 nitrogen and oxygen atoms in total. The van der Waals surface area contributed by atoms with Crippen LogP contribution in [0.25, 0.3) is 0 Å². The number of β-amino-alcohol motifs (C(OH)–C–C–N with tert-alkyl or cyclic N) is 1. The van der Waals surface area contributed by atoms with Gasteiger partial charge in [0.2, 0.25) is 0 Å². The SMILES string of the molecule is CCc1cccc(C2CN(Cc3cc(C(C)C)nc(N4CC(O)C4)c3)C2)n1. The molecule has 1 N–H and O–H groups in total. The van der Waals surface area contributed by atoms with Crippen LogP contribution in [-0.2, 0) is 13.0 Å². The average molecular weight is 367 g/mol. The first-order valence-corrected chi connectivity index (χ1v) is 10.1. The third kappa shape index (κ3) is 3.99. The highest BCUT2D eigenvalue weighted by Crippen LogP contribution is 2.29. The summed E-state index contributed by atoms with van der Waals surface area (Å²) < 4.78 is 0. The Morgan fingerprint density at radius 2 is 1.89 bits per heavy atom. The van der Waals surface area contributed by atoms with Crippen LogP contribution >= 0.6 is 0 Å². The molecule has 0 atom stereocenters. The van der Waals surface area contributed by atoms with Gasteiger partial charge in [-0.3, -0.25) is 9.88 Å². The van der Waals surface area contributed by atoms with E-state index >= 15 is 0 Å². The maximum atomic E-state index is 9.61. The van der Waals surface area contributed by atoms with E-state index in [-0.39, 0.29) is 6.10 Å². The zero-order chi connectivity index (χ0) is 19.0. The van der Waals surface area contributed by atoms with Crippen molar-refractivity contribution >= 4 is 5.82 Å². The van der Waals surface area contributed by atoms with Gasteiger partial charge in [0, 0.05) is 55.7 Å². The summed E-state index contributed by atoms with van der Waals surface area (Å²) in [6.07, 6.45) is 0.785. The van der Waals surface area contributed by atoms with Gasteiger partial charge >= 0.3 is 0 Å². The number of hydrogen-bond donors (Lipinski definition) is 1. The second kappa shape index (κ2) is 7.56. The molecule has 0 aliphatic carbocycles. The molecule has 0 radical (unpaired) electrons. The van der Waals surface area contributed by atoms with Crippen molar-refractivity contribution in [3.63, 3.8) is 0 Å². The van der Waals surface area contributed by atoms with Crippen LogP contribution in [0, 0.1) is 0 Å². The highest BCUT2D eigenvalue weighted by Gasteiger charge is 2.30. The monoisotopic (exact) mass is 366 g/mol. The smallest absolute Gasteiger partial charge is 0.129 e. The number of aromatic nitrogens is 2. The lowest BCUT2D eigenvalue weighted by Crippen LogP contribution is -2.51. The van der Waals surface area contributed by atoms with Crippen molar-refractivity contribution in [1.29, 1.82) is 0 Å². The van der Waals surface area contributed by atoms with E-state index in [9.17, 15) is 5.11 Å². The van der Waals surface area contributed by atoms with Crippen LogP contribution in [0.3, 0.4) is 0 Å². The van der Waals surface area contributed by atoms with Gasteiger partial charge < -0.3 is 10.0 Å². The van der Waals surface area contributed by atoms with Crippen molar-refractivity contribution in [1.82, 2.24) is 14.9 Å². The summed E-state index contributed by atoms with van der Waals surface area (Å²) in [4.78, 5) is 14.2. The Hall–Kier alpha value is -1.98. The summed E-state index contributed by atoms with van der Waals surface area (Å²) >= 11 is 0. The fraction of sp³-hybridized carbons (Fsp3) is 0.545. The van der Waals surface area contributed by atoms with Crippen LogP contribution in [0.15, 0.2) is 30.3 Å². The van der Waals surface area contributed by atoms with Gasteiger partial charge in [0.25, 0.3) is 0 Å². The Morgan fingerprint density at radius 3 is 2.56 bits per heavy atom. The molecule has 0 unspecified atom stereocenters. The first-order valence-electron chi connectivity index (χ1n) is 10.1. The number of anilines is 1. The molecule has 144 valence electrons. The van der Waals surface area contributed by atoms with Crippen molar-refractivity contribution < 1.29 is 5.11 Å². The molecule has 5 heteroatoms. The van der Waals surface area contributed by atoms with E-state index in [2.05, 4.69) is 60.9 Å². The first-order chi connectivity index (χ1) is 13.0. The van der Waals surface area contributed by atoms with Gasteiger partial charge in [-0.2, -0.15) is 0 Å². The molecule has 0 saturated carbocycles. The van der Waals surface area contributed by atoms with E-state index in [0.717, 1.165) is 37.6 Å². The van der Waals surface area contributed by atoms with E-state index in [1.54, 1.807) is 0 Å². The Kier molecular flexibility index (Phi) is 5.15. The maximum absolute atomic E-state index is 9.61. The van der Waals surface area contributed by atoms with E-state index in [1.807, 2.05) is 0 Å². The highest BCUT2D eigenvalue weighted by molar-refractivity contribution is 5.46. The summed E-state index contributed by atoms with van der Waals surface area (Å²) in [5.74, 6) is 1.96. The number of hydrogen-bond acceptors (Lipinski definition) is 5. The van der Waals surface area contributed by atoms with E-state index in [1.165, 1.54) is 17.0 Å². The number of aryl methyl sites for hydroxylation is 1. The second-order valence-corrected chi connectivity index (χ2v) is 8.27. The molecule has 2 aliphatic heterocycles. The summed E-state index contributed by atoms with van der Waals surface area (Å²) in [6.45, 7) is 11.0. The minimum atomic E-state index is -0.208. The lowest BCUT2D eigenvalue weighted by atomic mass is 9.94. The maximum Gasteiger partial charge on any atom is 0.129 e. The minimum absolute atomic E-state index is 0.208. The van der Waals surface area contributed by atoms with Crippen molar-refractivity contribution in [3.8, 4) is 0 Å². The Bertz CT molecular complexity index is 795. The van der Waals surface area contributed by atoms with Crippen LogP contribution in [-0.4, -0.2) is 52.3 Å². The Balaban J connectivity index is 1.42. The van der Waals surface area contributed by atoms with Gasteiger partial charge in [-0.15, -0.1) is 0 Å². The van der Waals surface area contributed by atoms with Crippen molar-refractivity contribution in [3.05, 3.63) is 53.0 Å². The van der Waals surface area contributed by atoms with Crippen LogP contribution in [0.5, 0.6) is 0 Å². The molecule has 0 amide bonds. The number of pyridine rings is 2. The summed E-state index contributed by atoms with van der Waals surface area (Å²) in [5.41, 5.74) is 4.87. The van der Waals surface area contributed by atoms with Gasteiger partial charge in [0.15, 0.2) is 0 Å². The molecular formula is C22H30N4O. The van der Waals surface area contributed by atoms with Gasteiger partial charge in [-0.05, 0) is 42.2 Å². The van der Waals surface area contributed by atoms with Crippen LogP contribution < -0.4 is 4.90 Å². The molecule has 0 bridgehead atoms. The standard InChI is InChI=1S/C22H30N4O/c1-4-18-6-5-7-20(23-18)17-11-25(12-17)10-16-8-21(15(2)3)24-22(9-16)26-13-19(27)14-26/h5-9,15,17,19,27H,4,10-14H2,1-3H3. The van der Waals surface area contributed by atoms with Crippen LogP contribution in [0.4, 0.5) is 5.82 Å². The first kappa shape index (κ1) is 18.4. The largest absolute Gasteiger partial charge is 0.389 e. The number of likely N-dealkylation sites (tertiary alicyclic amines) is 1. The number of aliphatic hydroxyl groups excluding tert-OH is 1. The van der Waals surface area contributed by atoms with E-state index < -0.39 is 0 Å². The molecule has 27 heavy (non-hydrogen) atoms. The van der Waals surface area contributed by atoms with Crippen molar-refractivity contribution in [2.45, 2.75) is 51.7 Å². The average Bonchev–Trinajstić information content (AvgIpc) is 2.61. The molecule has 2 fully saturated rings. The fourth-order valence-electron chi connectivity index (χ4n) is 3.85. The van der Waals surface area contributed by atoms with Gasteiger partial charge in [0.1, 0.15) is 5.82 Å². The van der Waals surface area contributed by atoms with Gasteiger partial charge in [0.05, 0.1) is 6.10 Å². The molecule has 2 aliphatic rings. The predicted octanol–water partition coefficient (Wildman–Crippen LogP) is 2.94. The zero-order valence-corrected chi connectivity index (χ0v) is 16.6. The third-order valence-corrected chi connectivity index (χ3v) is 5.64. The zero-order valence-electron chi connectivity index (χ0n) is 16.6. The van der Waals surface area contributed by atoms with Crippen molar-refractivity contribution in [2.24, 2.45) is 0 Å². The molecule has 4 heterocycles. The molecular weight excluding hydrogens is 336 g/mol. The Labute approximate surface area is 162 Å². The number of nitrogens with zero attached hydrogens (tertiary/aromatic N) is 4. The summed E-state index contributed by atoms with van der Waals surface area (Å²) in [7, 11) is 0. The molecule has 2 saturated heterocycles. The predicted molar refractivity (Wildman–Crippen MR) is 108 cm³/mol. The number of aliphatic hydroxyl groups is 1. The molecule has 4 rings (SSSR count). The highest BCUT2D eigenvalue weighted by atomic mass is 16.3. The minimum Gasteiger partial charge on any atom is -0.389 e. The van der Waals surface area contributed by atoms with Gasteiger partial charge in [-0.1, -0.05) is 26.8 Å². The summed E-state index contributed by atoms with van der Waals surface area (Å²) in [5, 5.41) is 9.61. The normalized spacial score (nSPS) is 18.6. The molecule has 0 spiro atoms. The summed E-state index contributed by atoms with van der Waals surface area (Å²) in [6, 6.07) is 10.8. The van der Waals surface area contributed by atoms with E-state index in [0.29, 0.717) is 24.9 Å². The Morgan fingerprint density at radius 1 is 1.11 bits per heavy atom. The molecule has 2 aromatic heterocycles. The van der Waals surface area contributed by atoms with Crippen LogP contribution in [0.2, 0.25) is 0 Å². The van der Waals surface area contributed by atoms with Crippen LogP contribution in [0.1, 0.15) is 55.3 Å². The lowest BCUT2D eigenvalue weighted by molar-refractivity contribution is 0.136. The topological polar surface area (TPSA) is 52.5 Å². The fourth-order valence-corrected chi connectivity index (χ4v) is 3.85. The lowest BCUT2D eigenvalue weighted by Gasteiger charge is -2.40. The molecule has 0 aromatic carbocycles.